The summed E-state index contributed by atoms with van der Waals surface area (Å²) in [5.41, 5.74) is 3.84. The summed E-state index contributed by atoms with van der Waals surface area (Å²) < 4.78 is 30.7. The first-order chi connectivity index (χ1) is 22.0. The molecular formula is C37H42BrN3O4S. The zero-order valence-electron chi connectivity index (χ0n) is 26.8. The van der Waals surface area contributed by atoms with Crippen molar-refractivity contribution in [2.75, 3.05) is 17.4 Å². The van der Waals surface area contributed by atoms with E-state index < -0.39 is 28.5 Å². The van der Waals surface area contributed by atoms with Gasteiger partial charge < -0.3 is 10.2 Å². The van der Waals surface area contributed by atoms with E-state index in [1.54, 1.807) is 36.4 Å². The lowest BCUT2D eigenvalue weighted by molar-refractivity contribution is -0.140. The van der Waals surface area contributed by atoms with E-state index in [1.165, 1.54) is 9.21 Å². The zero-order valence-corrected chi connectivity index (χ0v) is 29.2. The molecule has 4 rings (SSSR count). The number of nitrogens with zero attached hydrogens (tertiary/aromatic N) is 2. The standard InChI is InChI=1S/C37H42BrN3O4S/c1-5-31-15-9-10-17-34(31)41(46(44,45)33-20-18-28(4)19-21-33)26-36(42)40(25-30-14-11-16-32(38)22-30)35(37(43)39-24-27(2)3)23-29-12-7-6-8-13-29/h6-22,27,35H,5,23-26H2,1-4H3,(H,39,43)/t35-/m1/s1. The molecule has 7 nitrogen and oxygen atoms in total. The number of sulfonamides is 1. The van der Waals surface area contributed by atoms with Crippen LogP contribution in [0.3, 0.4) is 0 Å². The van der Waals surface area contributed by atoms with Gasteiger partial charge in [0.15, 0.2) is 0 Å². The minimum Gasteiger partial charge on any atom is -0.354 e. The molecule has 4 aromatic carbocycles. The van der Waals surface area contributed by atoms with E-state index in [2.05, 4.69) is 21.2 Å². The molecule has 9 heteroatoms. The van der Waals surface area contributed by atoms with Crippen LogP contribution in [0.4, 0.5) is 5.69 Å². The van der Waals surface area contributed by atoms with Crippen LogP contribution in [0.2, 0.25) is 0 Å². The van der Waals surface area contributed by atoms with Gasteiger partial charge >= 0.3 is 0 Å². The lowest BCUT2D eigenvalue weighted by Crippen LogP contribution is -2.53. The Morgan fingerprint density at radius 2 is 1.50 bits per heavy atom. The number of carbonyl (C=O) groups is 2. The Kier molecular flexibility index (Phi) is 12.2. The van der Waals surface area contributed by atoms with Crippen LogP contribution < -0.4 is 9.62 Å². The molecule has 0 unspecified atom stereocenters. The Bertz CT molecular complexity index is 1730. The van der Waals surface area contributed by atoms with Crippen LogP contribution in [0, 0.1) is 12.8 Å². The van der Waals surface area contributed by atoms with E-state index >= 15 is 0 Å². The minimum absolute atomic E-state index is 0.0888. The fourth-order valence-electron chi connectivity index (χ4n) is 5.21. The molecular weight excluding hydrogens is 662 g/mol. The van der Waals surface area contributed by atoms with E-state index in [-0.39, 0.29) is 29.7 Å². The summed E-state index contributed by atoms with van der Waals surface area (Å²) in [6.07, 6.45) is 0.834. The van der Waals surface area contributed by atoms with E-state index in [9.17, 15) is 18.0 Å². The smallest absolute Gasteiger partial charge is 0.264 e. The molecule has 0 saturated carbocycles. The molecule has 0 bridgehead atoms. The average molecular weight is 705 g/mol. The zero-order chi connectivity index (χ0) is 33.3. The molecule has 0 saturated heterocycles. The van der Waals surface area contributed by atoms with Gasteiger partial charge in [-0.15, -0.1) is 0 Å². The van der Waals surface area contributed by atoms with Crippen LogP contribution in [-0.4, -0.2) is 44.3 Å². The molecule has 2 amide bonds. The third-order valence-corrected chi connectivity index (χ3v) is 9.99. The maximum atomic E-state index is 14.7. The first kappa shape index (κ1) is 34.9. The summed E-state index contributed by atoms with van der Waals surface area (Å²) in [5.74, 6) is -0.568. The highest BCUT2D eigenvalue weighted by molar-refractivity contribution is 9.10. The number of rotatable bonds is 14. The van der Waals surface area contributed by atoms with Crippen molar-refractivity contribution in [3.63, 3.8) is 0 Å². The van der Waals surface area contributed by atoms with Gasteiger partial charge in [0, 0.05) is 24.0 Å². The molecule has 1 atom stereocenters. The lowest BCUT2D eigenvalue weighted by Gasteiger charge is -2.34. The van der Waals surface area contributed by atoms with Crippen LogP contribution in [-0.2, 0) is 39.0 Å². The van der Waals surface area contributed by atoms with Gasteiger partial charge in [0.2, 0.25) is 11.8 Å². The Hall–Kier alpha value is -3.95. The predicted molar refractivity (Wildman–Crippen MR) is 188 cm³/mol. The van der Waals surface area contributed by atoms with Gasteiger partial charge in [0.05, 0.1) is 10.6 Å². The summed E-state index contributed by atoms with van der Waals surface area (Å²) in [5, 5.41) is 3.03. The van der Waals surface area contributed by atoms with Crippen LogP contribution >= 0.6 is 15.9 Å². The van der Waals surface area contributed by atoms with Gasteiger partial charge in [-0.25, -0.2) is 8.42 Å². The fraction of sp³-hybridized carbons (Fsp3) is 0.297. The second-order valence-electron chi connectivity index (χ2n) is 11.8. The first-order valence-electron chi connectivity index (χ1n) is 15.5. The number of para-hydroxylation sites is 1. The molecule has 46 heavy (non-hydrogen) atoms. The van der Waals surface area contributed by atoms with E-state index in [1.807, 2.05) is 94.4 Å². The summed E-state index contributed by atoms with van der Waals surface area (Å²) in [6.45, 7) is 7.93. The fourth-order valence-corrected chi connectivity index (χ4v) is 7.11. The minimum atomic E-state index is -4.16. The highest BCUT2D eigenvalue weighted by Gasteiger charge is 2.35. The van der Waals surface area contributed by atoms with Gasteiger partial charge in [0.25, 0.3) is 10.0 Å². The quantitative estimate of drug-likeness (QED) is 0.154. The summed E-state index contributed by atoms with van der Waals surface area (Å²) >= 11 is 3.52. The van der Waals surface area contributed by atoms with Crippen molar-refractivity contribution < 1.29 is 18.0 Å². The summed E-state index contributed by atoms with van der Waals surface area (Å²) in [4.78, 5) is 30.2. The van der Waals surface area contributed by atoms with E-state index in [0.717, 1.165) is 26.7 Å². The number of benzene rings is 4. The molecule has 0 spiro atoms. The van der Waals surface area contributed by atoms with Gasteiger partial charge in [-0.3, -0.25) is 13.9 Å². The highest BCUT2D eigenvalue weighted by Crippen LogP contribution is 2.29. The van der Waals surface area contributed by atoms with E-state index in [4.69, 9.17) is 0 Å². The maximum absolute atomic E-state index is 14.7. The van der Waals surface area contributed by atoms with Crippen molar-refractivity contribution in [1.29, 1.82) is 0 Å². The van der Waals surface area contributed by atoms with E-state index in [0.29, 0.717) is 18.7 Å². The second kappa shape index (κ2) is 16.1. The molecule has 0 aliphatic heterocycles. The molecule has 242 valence electrons. The predicted octanol–water partition coefficient (Wildman–Crippen LogP) is 6.93. The molecule has 0 aromatic heterocycles. The van der Waals surface area contributed by atoms with Crippen molar-refractivity contribution in [1.82, 2.24) is 10.2 Å². The molecule has 0 heterocycles. The molecule has 0 fully saturated rings. The maximum Gasteiger partial charge on any atom is 0.264 e. The summed E-state index contributed by atoms with van der Waals surface area (Å²) in [6, 6.07) is 30.1. The van der Waals surface area contributed by atoms with Crippen molar-refractivity contribution >= 4 is 43.5 Å². The van der Waals surface area contributed by atoms with Crippen molar-refractivity contribution in [3.05, 3.63) is 130 Å². The van der Waals surface area contributed by atoms with Gasteiger partial charge in [-0.05, 0) is 66.3 Å². The van der Waals surface area contributed by atoms with Crippen molar-refractivity contribution in [2.45, 2.75) is 58.0 Å². The number of hydrogen-bond donors (Lipinski definition) is 1. The SMILES string of the molecule is CCc1ccccc1N(CC(=O)N(Cc1cccc(Br)c1)[C@H](Cc1ccccc1)C(=O)NCC(C)C)S(=O)(=O)c1ccc(C)cc1. The van der Waals surface area contributed by atoms with Gasteiger partial charge in [0.1, 0.15) is 12.6 Å². The van der Waals surface area contributed by atoms with Crippen LogP contribution in [0.25, 0.3) is 0 Å². The number of halogens is 1. The highest BCUT2D eigenvalue weighted by atomic mass is 79.9. The molecule has 0 aliphatic carbocycles. The number of carbonyl (C=O) groups excluding carboxylic acids is 2. The van der Waals surface area contributed by atoms with Crippen LogP contribution in [0.1, 0.15) is 43.0 Å². The third kappa shape index (κ3) is 9.07. The first-order valence-corrected chi connectivity index (χ1v) is 17.8. The number of hydrogen-bond acceptors (Lipinski definition) is 4. The number of amides is 2. The second-order valence-corrected chi connectivity index (χ2v) is 14.6. The molecule has 0 radical (unpaired) electrons. The topological polar surface area (TPSA) is 86.8 Å². The average Bonchev–Trinajstić information content (AvgIpc) is 3.04. The number of anilines is 1. The van der Waals surface area contributed by atoms with Crippen LogP contribution in [0.15, 0.2) is 112 Å². The molecule has 0 aliphatic rings. The normalized spacial score (nSPS) is 12.0. The molecule has 4 aromatic rings. The number of aryl methyl sites for hydroxylation is 2. The Morgan fingerprint density at radius 1 is 0.848 bits per heavy atom. The van der Waals surface area contributed by atoms with Crippen LogP contribution in [0.5, 0.6) is 0 Å². The van der Waals surface area contributed by atoms with Gasteiger partial charge in [-0.1, -0.05) is 115 Å². The molecule has 1 N–H and O–H groups in total. The van der Waals surface area contributed by atoms with Gasteiger partial charge in [-0.2, -0.15) is 0 Å². The lowest BCUT2D eigenvalue weighted by atomic mass is 10.0. The summed E-state index contributed by atoms with van der Waals surface area (Å²) in [7, 11) is -4.16. The Balaban J connectivity index is 1.83. The van der Waals surface area contributed by atoms with Crippen molar-refractivity contribution in [3.8, 4) is 0 Å². The largest absolute Gasteiger partial charge is 0.354 e. The third-order valence-electron chi connectivity index (χ3n) is 7.73. The van der Waals surface area contributed by atoms with Crippen molar-refractivity contribution in [2.24, 2.45) is 5.92 Å². The monoisotopic (exact) mass is 703 g/mol. The number of nitrogens with one attached hydrogen (secondary N) is 1. The Labute approximate surface area is 281 Å². The Morgan fingerprint density at radius 3 is 2.15 bits per heavy atom.